The number of H-pyrrole nitrogens is 1. The molecule has 0 saturated carbocycles. The van der Waals surface area contributed by atoms with Crippen LogP contribution in [0, 0.1) is 4.77 Å². The summed E-state index contributed by atoms with van der Waals surface area (Å²) in [6.07, 6.45) is 1.82. The topological polar surface area (TPSA) is 73.3 Å². The number of aromatic nitrogens is 3. The Bertz CT molecular complexity index is 711. The maximum absolute atomic E-state index is 5.48. The Kier molecular flexibility index (Phi) is 5.86. The number of nitrogens with zero attached hydrogens (tertiary/aromatic N) is 2. The number of nitrogens with one attached hydrogen (secondary N) is 2. The standard InChI is InChI=1S/C15H22N4O3S/c1-5-6-12-17-18-15(23)19(12)16-9-10-7-8-11(20-2)14(22-4)13(10)21-3/h7-8,16H,5-6,9H2,1-4H3,(H,18,23). The molecule has 2 aromatic rings. The second-order valence-electron chi connectivity index (χ2n) is 4.86. The van der Waals surface area contributed by atoms with Crippen molar-refractivity contribution >= 4 is 12.2 Å². The van der Waals surface area contributed by atoms with Gasteiger partial charge in [-0.1, -0.05) is 6.92 Å². The van der Waals surface area contributed by atoms with Crippen molar-refractivity contribution < 1.29 is 14.2 Å². The Balaban J connectivity index is 2.27. The number of ether oxygens (including phenoxy) is 3. The first-order valence-electron chi connectivity index (χ1n) is 7.34. The average Bonchev–Trinajstić information content (AvgIpc) is 2.92. The Morgan fingerprint density at radius 2 is 1.91 bits per heavy atom. The van der Waals surface area contributed by atoms with Gasteiger partial charge in [0, 0.05) is 12.0 Å². The molecule has 0 aliphatic carbocycles. The summed E-state index contributed by atoms with van der Waals surface area (Å²) in [6.45, 7) is 2.60. The quantitative estimate of drug-likeness (QED) is 0.721. The smallest absolute Gasteiger partial charge is 0.214 e. The van der Waals surface area contributed by atoms with Crippen LogP contribution >= 0.6 is 12.2 Å². The van der Waals surface area contributed by atoms with Gasteiger partial charge in [0.2, 0.25) is 10.5 Å². The second kappa shape index (κ2) is 7.87. The summed E-state index contributed by atoms with van der Waals surface area (Å²) in [5, 5.41) is 7.03. The zero-order valence-corrected chi connectivity index (χ0v) is 14.6. The number of hydrogen-bond donors (Lipinski definition) is 2. The molecule has 2 N–H and O–H groups in total. The number of aryl methyl sites for hydroxylation is 1. The van der Waals surface area contributed by atoms with E-state index in [1.165, 1.54) is 0 Å². The zero-order chi connectivity index (χ0) is 16.8. The maximum atomic E-state index is 5.48. The van der Waals surface area contributed by atoms with Gasteiger partial charge < -0.3 is 19.6 Å². The van der Waals surface area contributed by atoms with E-state index in [0.29, 0.717) is 28.6 Å². The predicted molar refractivity (Wildman–Crippen MR) is 90.6 cm³/mol. The van der Waals surface area contributed by atoms with Crippen LogP contribution in [0.3, 0.4) is 0 Å². The number of methoxy groups -OCH3 is 3. The normalized spacial score (nSPS) is 10.4. The summed E-state index contributed by atoms with van der Waals surface area (Å²) < 4.78 is 18.5. The van der Waals surface area contributed by atoms with Crippen LogP contribution in [0.5, 0.6) is 17.2 Å². The van der Waals surface area contributed by atoms with Gasteiger partial charge in [-0.3, -0.25) is 5.10 Å². The maximum Gasteiger partial charge on any atom is 0.214 e. The molecule has 2 rings (SSSR count). The minimum Gasteiger partial charge on any atom is -0.493 e. The lowest BCUT2D eigenvalue weighted by molar-refractivity contribution is 0.322. The van der Waals surface area contributed by atoms with E-state index >= 15 is 0 Å². The molecule has 126 valence electrons. The molecular weight excluding hydrogens is 316 g/mol. The third-order valence-corrected chi connectivity index (χ3v) is 3.70. The van der Waals surface area contributed by atoms with E-state index in [9.17, 15) is 0 Å². The first-order chi connectivity index (χ1) is 11.2. The first kappa shape index (κ1) is 17.1. The molecule has 0 bridgehead atoms. The SMILES string of the molecule is CCCc1n[nH]c(=S)n1NCc1ccc(OC)c(OC)c1OC. The lowest BCUT2D eigenvalue weighted by Gasteiger charge is -2.17. The fraction of sp³-hybridized carbons (Fsp3) is 0.467. The van der Waals surface area contributed by atoms with Crippen molar-refractivity contribution in [2.24, 2.45) is 0 Å². The molecular formula is C15H22N4O3S. The van der Waals surface area contributed by atoms with E-state index in [2.05, 4.69) is 22.5 Å². The van der Waals surface area contributed by atoms with Gasteiger partial charge in [-0.25, -0.2) is 4.68 Å². The summed E-state index contributed by atoms with van der Waals surface area (Å²) in [4.78, 5) is 0. The predicted octanol–water partition coefficient (Wildman–Crippen LogP) is 2.66. The summed E-state index contributed by atoms with van der Waals surface area (Å²) in [7, 11) is 4.78. The van der Waals surface area contributed by atoms with Gasteiger partial charge in [-0.15, -0.1) is 0 Å². The molecule has 0 aliphatic rings. The molecule has 0 atom stereocenters. The minimum atomic E-state index is 0.508. The van der Waals surface area contributed by atoms with Crippen LogP contribution in [0.1, 0.15) is 24.7 Å². The van der Waals surface area contributed by atoms with E-state index in [1.54, 1.807) is 26.0 Å². The summed E-state index contributed by atoms with van der Waals surface area (Å²) >= 11 is 5.26. The highest BCUT2D eigenvalue weighted by Crippen LogP contribution is 2.39. The van der Waals surface area contributed by atoms with E-state index < -0.39 is 0 Å². The molecule has 0 saturated heterocycles. The highest BCUT2D eigenvalue weighted by atomic mass is 32.1. The van der Waals surface area contributed by atoms with Crippen LogP contribution in [0.4, 0.5) is 0 Å². The van der Waals surface area contributed by atoms with Gasteiger partial charge in [0.15, 0.2) is 17.3 Å². The van der Waals surface area contributed by atoms with Gasteiger partial charge in [0.1, 0.15) is 0 Å². The Hall–Kier alpha value is -2.22. The molecule has 0 amide bonds. The monoisotopic (exact) mass is 338 g/mol. The fourth-order valence-electron chi connectivity index (χ4n) is 2.35. The molecule has 7 nitrogen and oxygen atoms in total. The third kappa shape index (κ3) is 3.58. The van der Waals surface area contributed by atoms with Gasteiger partial charge >= 0.3 is 0 Å². The number of rotatable bonds is 8. The van der Waals surface area contributed by atoms with Crippen molar-refractivity contribution in [1.29, 1.82) is 0 Å². The van der Waals surface area contributed by atoms with Crippen molar-refractivity contribution in [3.63, 3.8) is 0 Å². The van der Waals surface area contributed by atoms with E-state index in [0.717, 1.165) is 24.2 Å². The average molecular weight is 338 g/mol. The Labute approximate surface area is 140 Å². The second-order valence-corrected chi connectivity index (χ2v) is 5.25. The molecule has 0 unspecified atom stereocenters. The molecule has 23 heavy (non-hydrogen) atoms. The highest BCUT2D eigenvalue weighted by Gasteiger charge is 2.16. The van der Waals surface area contributed by atoms with E-state index in [-0.39, 0.29) is 0 Å². The van der Waals surface area contributed by atoms with Crippen LogP contribution in [0.15, 0.2) is 12.1 Å². The molecule has 1 heterocycles. The van der Waals surface area contributed by atoms with Crippen molar-refractivity contribution in [2.75, 3.05) is 26.8 Å². The zero-order valence-electron chi connectivity index (χ0n) is 13.8. The van der Waals surface area contributed by atoms with Crippen LogP contribution in [0.2, 0.25) is 0 Å². The Morgan fingerprint density at radius 1 is 1.17 bits per heavy atom. The molecule has 8 heteroatoms. The van der Waals surface area contributed by atoms with E-state index in [1.807, 2.05) is 12.1 Å². The van der Waals surface area contributed by atoms with Crippen LogP contribution in [0.25, 0.3) is 0 Å². The minimum absolute atomic E-state index is 0.508. The van der Waals surface area contributed by atoms with Crippen molar-refractivity contribution in [1.82, 2.24) is 14.9 Å². The van der Waals surface area contributed by atoms with Crippen LogP contribution < -0.4 is 19.6 Å². The molecule has 0 spiro atoms. The lowest BCUT2D eigenvalue weighted by Crippen LogP contribution is -2.18. The van der Waals surface area contributed by atoms with E-state index in [4.69, 9.17) is 26.4 Å². The van der Waals surface area contributed by atoms with Crippen LogP contribution in [-0.2, 0) is 13.0 Å². The number of aromatic amines is 1. The molecule has 1 aromatic carbocycles. The number of benzene rings is 1. The van der Waals surface area contributed by atoms with Crippen molar-refractivity contribution in [3.8, 4) is 17.2 Å². The molecule has 0 fully saturated rings. The summed E-state index contributed by atoms with van der Waals surface area (Å²) in [6, 6.07) is 3.77. The fourth-order valence-corrected chi connectivity index (χ4v) is 2.57. The number of hydrogen-bond acceptors (Lipinski definition) is 6. The summed E-state index contributed by atoms with van der Waals surface area (Å²) in [5.74, 6) is 2.70. The Morgan fingerprint density at radius 3 is 2.52 bits per heavy atom. The molecule has 0 radical (unpaired) electrons. The third-order valence-electron chi connectivity index (χ3n) is 3.43. The van der Waals surface area contributed by atoms with Crippen molar-refractivity contribution in [2.45, 2.75) is 26.3 Å². The molecule has 0 aliphatic heterocycles. The first-order valence-corrected chi connectivity index (χ1v) is 7.75. The molecule has 1 aromatic heterocycles. The van der Waals surface area contributed by atoms with Gasteiger partial charge in [-0.2, -0.15) is 5.10 Å². The lowest BCUT2D eigenvalue weighted by atomic mass is 10.1. The summed E-state index contributed by atoms with van der Waals surface area (Å²) in [5.41, 5.74) is 4.20. The van der Waals surface area contributed by atoms with Crippen LogP contribution in [-0.4, -0.2) is 36.2 Å². The van der Waals surface area contributed by atoms with Gasteiger partial charge in [-0.05, 0) is 30.8 Å². The largest absolute Gasteiger partial charge is 0.493 e. The van der Waals surface area contributed by atoms with Crippen molar-refractivity contribution in [3.05, 3.63) is 28.3 Å². The highest BCUT2D eigenvalue weighted by molar-refractivity contribution is 7.71. The van der Waals surface area contributed by atoms with Gasteiger partial charge in [0.25, 0.3) is 0 Å². The van der Waals surface area contributed by atoms with Gasteiger partial charge in [0.05, 0.1) is 27.9 Å².